The molecular weight excluding hydrogens is 614 g/mol. The maximum atomic E-state index is 13.4. The van der Waals surface area contributed by atoms with Crippen molar-refractivity contribution in [2.45, 2.75) is 85.4 Å². The average molecular weight is 656 g/mol. The Balaban J connectivity index is 0.908. The zero-order valence-electron chi connectivity index (χ0n) is 27.5. The smallest absolute Gasteiger partial charge is 0.347 e. The third kappa shape index (κ3) is 3.35. The molecule has 9 atom stereocenters. The summed E-state index contributed by atoms with van der Waals surface area (Å²) in [5, 5.41) is 27.8. The largest absolute Gasteiger partial charge is 0.504 e. The minimum absolute atomic E-state index is 0.0322. The maximum absolute atomic E-state index is 13.4. The van der Waals surface area contributed by atoms with E-state index in [1.165, 1.54) is 11.1 Å². The van der Waals surface area contributed by atoms with Crippen molar-refractivity contribution in [3.05, 3.63) is 58.7 Å². The molecule has 4 unspecified atom stereocenters. The van der Waals surface area contributed by atoms with E-state index in [9.17, 15) is 15.0 Å². The molecule has 1 saturated carbocycles. The molecule has 10 rings (SSSR count). The molecule has 4 bridgehead atoms. The number of oxime groups is 1. The van der Waals surface area contributed by atoms with Gasteiger partial charge in [0.2, 0.25) is 6.61 Å². The Kier molecular flexibility index (Phi) is 5.87. The molecular formula is C37H41N3O8. The molecule has 3 fully saturated rings. The van der Waals surface area contributed by atoms with Crippen molar-refractivity contribution in [2.75, 3.05) is 40.9 Å². The number of hydrogen-bond donors (Lipinski definition) is 2. The number of esters is 1. The number of rotatable bonds is 5. The number of carbonyl (C=O) groups excluding carboxylic acids is 1. The van der Waals surface area contributed by atoms with Crippen LogP contribution < -0.4 is 14.2 Å². The van der Waals surface area contributed by atoms with Gasteiger partial charge in [0.05, 0.1) is 23.8 Å². The molecule has 2 N–H and O–H groups in total. The standard InChI is InChI=1S/C37H41N3O8/c1-39-14-12-35-21-6-9-26(34(35)47-31-24(41)7-4-19(29(31)35)16-23(21)39)46-28(42)18-45-38-22-10-11-37(43)27-17-20-5-8-25(44-3)32-30(20)36(37,33(22)48-32)13-15-40(27)2/h4-9,21,23,26-27,33-34,41,43H,10-18H2,1-3H3/b38-22+/t21?,23?,26-,27?,33-,34?,35-,36-,37+/m0/s1. The van der Waals surface area contributed by atoms with E-state index < -0.39 is 35.3 Å². The first-order chi connectivity index (χ1) is 23.2. The van der Waals surface area contributed by atoms with Crippen LogP contribution in [0.15, 0.2) is 41.6 Å². The lowest BCUT2D eigenvalue weighted by molar-refractivity contribution is -0.163. The van der Waals surface area contributed by atoms with Gasteiger partial charge in [0.25, 0.3) is 0 Å². The summed E-state index contributed by atoms with van der Waals surface area (Å²) in [6.45, 7) is 1.35. The van der Waals surface area contributed by atoms with Gasteiger partial charge < -0.3 is 43.8 Å². The highest BCUT2D eigenvalue weighted by molar-refractivity contribution is 5.94. The van der Waals surface area contributed by atoms with E-state index in [0.717, 1.165) is 43.5 Å². The van der Waals surface area contributed by atoms with Crippen molar-refractivity contribution in [3.63, 3.8) is 0 Å². The molecule has 0 aromatic heterocycles. The summed E-state index contributed by atoms with van der Waals surface area (Å²) in [6.07, 6.45) is 6.76. The molecule has 4 aliphatic carbocycles. The number of likely N-dealkylation sites (tertiary alicyclic amines) is 2. The van der Waals surface area contributed by atoms with Crippen molar-refractivity contribution in [3.8, 4) is 23.0 Å². The first-order valence-corrected chi connectivity index (χ1v) is 17.3. The van der Waals surface area contributed by atoms with E-state index in [1.54, 1.807) is 13.2 Å². The zero-order valence-corrected chi connectivity index (χ0v) is 27.5. The fourth-order valence-electron chi connectivity index (χ4n) is 11.5. The van der Waals surface area contributed by atoms with Gasteiger partial charge in [-0.3, -0.25) is 0 Å². The molecule has 2 aromatic rings. The second kappa shape index (κ2) is 9.67. The Labute approximate surface area is 279 Å². The highest BCUT2D eigenvalue weighted by atomic mass is 16.7. The van der Waals surface area contributed by atoms with Gasteiger partial charge in [-0.05, 0) is 95.0 Å². The van der Waals surface area contributed by atoms with Gasteiger partial charge in [-0.25, -0.2) is 4.79 Å². The van der Waals surface area contributed by atoms with Crippen molar-refractivity contribution in [1.29, 1.82) is 0 Å². The summed E-state index contributed by atoms with van der Waals surface area (Å²) in [7, 11) is 5.89. The van der Waals surface area contributed by atoms with Gasteiger partial charge in [0, 0.05) is 34.5 Å². The van der Waals surface area contributed by atoms with Crippen LogP contribution in [0, 0.1) is 5.92 Å². The summed E-state index contributed by atoms with van der Waals surface area (Å²) < 4.78 is 25.0. The van der Waals surface area contributed by atoms with Crippen LogP contribution in [-0.2, 0) is 38.0 Å². The minimum atomic E-state index is -0.989. The molecule has 11 heteroatoms. The summed E-state index contributed by atoms with van der Waals surface area (Å²) in [5.41, 5.74) is 3.16. The number of phenolic OH excluding ortho intramolecular Hbond substituents is 1. The second-order valence-electron chi connectivity index (χ2n) is 15.2. The number of methoxy groups -OCH3 is 1. The van der Waals surface area contributed by atoms with Gasteiger partial charge in [0.15, 0.2) is 35.2 Å². The quantitative estimate of drug-likeness (QED) is 0.283. The van der Waals surface area contributed by atoms with Crippen LogP contribution in [-0.4, -0.2) is 109 Å². The summed E-state index contributed by atoms with van der Waals surface area (Å²) >= 11 is 0. The van der Waals surface area contributed by atoms with Crippen LogP contribution in [0.5, 0.6) is 23.0 Å². The van der Waals surface area contributed by atoms with Crippen molar-refractivity contribution in [1.82, 2.24) is 9.80 Å². The predicted octanol–water partition coefficient (Wildman–Crippen LogP) is 2.61. The number of nitrogens with zero attached hydrogens (tertiary/aromatic N) is 3. The van der Waals surface area contributed by atoms with Crippen LogP contribution in [0.25, 0.3) is 0 Å². The van der Waals surface area contributed by atoms with E-state index >= 15 is 0 Å². The summed E-state index contributed by atoms with van der Waals surface area (Å²) in [5.74, 6) is 1.65. The topological polar surface area (TPSA) is 123 Å². The number of carbonyl (C=O) groups is 1. The fourth-order valence-corrected chi connectivity index (χ4v) is 11.5. The van der Waals surface area contributed by atoms with E-state index in [0.29, 0.717) is 48.3 Å². The molecule has 2 aromatic carbocycles. The Bertz CT molecular complexity index is 1830. The molecule has 8 aliphatic rings. The van der Waals surface area contributed by atoms with E-state index in [4.69, 9.17) is 23.8 Å². The Morgan fingerprint density at radius 1 is 1.00 bits per heavy atom. The molecule has 4 aliphatic heterocycles. The molecule has 11 nitrogen and oxygen atoms in total. The number of hydrogen-bond acceptors (Lipinski definition) is 11. The molecule has 48 heavy (non-hydrogen) atoms. The van der Waals surface area contributed by atoms with Crippen LogP contribution in [0.2, 0.25) is 0 Å². The van der Waals surface area contributed by atoms with Crippen LogP contribution in [0.1, 0.15) is 47.9 Å². The van der Waals surface area contributed by atoms with Gasteiger partial charge >= 0.3 is 5.97 Å². The zero-order chi connectivity index (χ0) is 32.7. The highest BCUT2D eigenvalue weighted by Gasteiger charge is 2.72. The molecule has 2 saturated heterocycles. The highest BCUT2D eigenvalue weighted by Crippen LogP contribution is 2.65. The van der Waals surface area contributed by atoms with E-state index in [2.05, 4.69) is 41.2 Å². The maximum Gasteiger partial charge on any atom is 0.347 e. The second-order valence-corrected chi connectivity index (χ2v) is 15.2. The van der Waals surface area contributed by atoms with Crippen LogP contribution >= 0.6 is 0 Å². The lowest BCUT2D eigenvalue weighted by atomic mass is 9.49. The van der Waals surface area contributed by atoms with Crippen LogP contribution in [0.4, 0.5) is 0 Å². The normalized spacial score (nSPS) is 40.0. The lowest BCUT2D eigenvalue weighted by Gasteiger charge is -2.62. The summed E-state index contributed by atoms with van der Waals surface area (Å²) in [4.78, 5) is 23.8. The van der Waals surface area contributed by atoms with Crippen LogP contribution in [0.3, 0.4) is 0 Å². The number of aliphatic hydroxyl groups is 1. The number of phenols is 1. The van der Waals surface area contributed by atoms with Gasteiger partial charge in [0.1, 0.15) is 6.10 Å². The van der Waals surface area contributed by atoms with E-state index in [-0.39, 0.29) is 29.7 Å². The SMILES string of the molecule is COc1ccc2c3c1O[C@H]1/C(=N/OCC(=O)O[C@H]4C=CC5C6Cc7ccc(O)c8c7[C@@]5(CCN6C)C4O8)CC[C@@]4(O)C(C2)N(C)CC[C@]314. The molecule has 0 amide bonds. The number of piperidine rings is 2. The van der Waals surface area contributed by atoms with E-state index in [1.807, 2.05) is 18.2 Å². The van der Waals surface area contributed by atoms with Crippen molar-refractivity contribution >= 4 is 11.7 Å². The third-order valence-electron chi connectivity index (χ3n) is 13.5. The predicted molar refractivity (Wildman–Crippen MR) is 173 cm³/mol. The third-order valence-corrected chi connectivity index (χ3v) is 13.5. The fraction of sp³-hybridized carbons (Fsp3) is 0.568. The Morgan fingerprint density at radius 3 is 2.67 bits per heavy atom. The molecule has 0 radical (unpaired) electrons. The van der Waals surface area contributed by atoms with Gasteiger partial charge in [-0.1, -0.05) is 23.4 Å². The van der Waals surface area contributed by atoms with Crippen molar-refractivity contribution < 1.29 is 38.8 Å². The summed E-state index contributed by atoms with van der Waals surface area (Å²) in [6, 6.07) is 8.06. The molecule has 4 heterocycles. The number of likely N-dealkylation sites (N-methyl/N-ethyl adjacent to an activating group) is 2. The first-order valence-electron chi connectivity index (χ1n) is 17.3. The molecule has 252 valence electrons. The first kappa shape index (κ1) is 29.1. The van der Waals surface area contributed by atoms with Crippen molar-refractivity contribution in [2.24, 2.45) is 11.1 Å². The van der Waals surface area contributed by atoms with Gasteiger partial charge in [-0.2, -0.15) is 0 Å². The number of aromatic hydroxyl groups is 1. The minimum Gasteiger partial charge on any atom is -0.504 e. The Morgan fingerprint density at radius 2 is 1.81 bits per heavy atom. The number of benzene rings is 2. The number of ether oxygens (including phenoxy) is 4. The van der Waals surface area contributed by atoms with Gasteiger partial charge in [-0.15, -0.1) is 0 Å². The average Bonchev–Trinajstić information content (AvgIpc) is 3.62. The monoisotopic (exact) mass is 655 g/mol. The lowest BCUT2D eigenvalue weighted by Crippen LogP contribution is -2.76. The molecule has 2 spiro atoms. The Hall–Kier alpha value is -3.80.